The fourth-order valence-electron chi connectivity index (χ4n) is 2.44. The van der Waals surface area contributed by atoms with Crippen molar-refractivity contribution in [2.75, 3.05) is 0 Å². The molecule has 20 heavy (non-hydrogen) atoms. The van der Waals surface area contributed by atoms with E-state index < -0.39 is 0 Å². The van der Waals surface area contributed by atoms with Crippen molar-refractivity contribution < 1.29 is 8.83 Å². The van der Waals surface area contributed by atoms with E-state index in [1.807, 2.05) is 42.5 Å². The second-order valence-electron chi connectivity index (χ2n) is 4.63. The summed E-state index contributed by atoms with van der Waals surface area (Å²) in [6, 6.07) is 15.0. The minimum absolute atomic E-state index is 0.0456. The lowest BCUT2D eigenvalue weighted by Crippen LogP contribution is -2.04. The first kappa shape index (κ1) is 11.1. The Hall–Kier alpha value is -2.81. The maximum Gasteiger partial charge on any atom is 0.200 e. The fourth-order valence-corrected chi connectivity index (χ4v) is 2.44. The van der Waals surface area contributed by atoms with E-state index in [0.29, 0.717) is 22.1 Å². The number of hydrogen-bond donors (Lipinski definition) is 0. The molecule has 4 rings (SSSR count). The average Bonchev–Trinajstić information content (AvgIpc) is 2.97. The zero-order chi connectivity index (χ0) is 13.5. The molecule has 0 aliphatic carbocycles. The Balaban J connectivity index is 2.10. The van der Waals surface area contributed by atoms with Gasteiger partial charge >= 0.3 is 0 Å². The van der Waals surface area contributed by atoms with Gasteiger partial charge in [-0.25, -0.2) is 0 Å². The fraction of sp³-hybridized carbons (Fsp3) is 0. The van der Waals surface area contributed by atoms with Crippen molar-refractivity contribution in [2.24, 2.45) is 0 Å². The van der Waals surface area contributed by atoms with Gasteiger partial charge in [-0.3, -0.25) is 4.79 Å². The molecule has 0 unspecified atom stereocenters. The quantitative estimate of drug-likeness (QED) is 0.516. The molecule has 0 radical (unpaired) electrons. The highest BCUT2D eigenvalue weighted by atomic mass is 16.4. The molecule has 0 aliphatic heterocycles. The smallest absolute Gasteiger partial charge is 0.200 e. The third kappa shape index (κ3) is 1.50. The molecule has 4 aromatic rings. The van der Waals surface area contributed by atoms with E-state index >= 15 is 0 Å². The predicted molar refractivity (Wildman–Crippen MR) is 77.7 cm³/mol. The van der Waals surface area contributed by atoms with E-state index in [0.717, 1.165) is 10.9 Å². The third-order valence-electron chi connectivity index (χ3n) is 3.44. The Morgan fingerprint density at radius 2 is 1.65 bits per heavy atom. The molecule has 0 spiro atoms. The number of fused-ring (bicyclic) bond motifs is 3. The molecular weight excluding hydrogens is 252 g/mol. The second kappa shape index (κ2) is 4.10. The van der Waals surface area contributed by atoms with Crippen LogP contribution < -0.4 is 5.43 Å². The van der Waals surface area contributed by atoms with Crippen LogP contribution in [0.5, 0.6) is 0 Å². The van der Waals surface area contributed by atoms with Crippen LogP contribution in [0.3, 0.4) is 0 Å². The summed E-state index contributed by atoms with van der Waals surface area (Å²) in [7, 11) is 0. The molecular formula is C17H10O3. The van der Waals surface area contributed by atoms with Gasteiger partial charge in [0.05, 0.1) is 17.2 Å². The topological polar surface area (TPSA) is 43.4 Å². The van der Waals surface area contributed by atoms with Crippen LogP contribution in [-0.4, -0.2) is 0 Å². The summed E-state index contributed by atoms with van der Waals surface area (Å²) in [4.78, 5) is 12.6. The summed E-state index contributed by atoms with van der Waals surface area (Å²) >= 11 is 0. The van der Waals surface area contributed by atoms with E-state index in [1.54, 1.807) is 12.3 Å². The highest BCUT2D eigenvalue weighted by Crippen LogP contribution is 2.26. The lowest BCUT2D eigenvalue weighted by Gasteiger charge is -2.02. The first-order valence-corrected chi connectivity index (χ1v) is 6.32. The minimum Gasteiger partial charge on any atom is -0.460 e. The van der Waals surface area contributed by atoms with Crippen LogP contribution >= 0.6 is 0 Å². The lowest BCUT2D eigenvalue weighted by atomic mass is 10.1. The van der Waals surface area contributed by atoms with Crippen LogP contribution in [0.25, 0.3) is 33.1 Å². The molecule has 96 valence electrons. The van der Waals surface area contributed by atoms with Gasteiger partial charge in [-0.2, -0.15) is 0 Å². The first-order chi connectivity index (χ1) is 9.84. The minimum atomic E-state index is -0.0456. The number of benzene rings is 2. The molecule has 3 nitrogen and oxygen atoms in total. The molecule has 0 fully saturated rings. The summed E-state index contributed by atoms with van der Waals surface area (Å²) in [5, 5.41) is 1.46. The molecule has 2 aromatic heterocycles. The second-order valence-corrected chi connectivity index (χ2v) is 4.63. The Labute approximate surface area is 114 Å². The molecule has 0 amide bonds. The van der Waals surface area contributed by atoms with E-state index in [-0.39, 0.29) is 5.43 Å². The van der Waals surface area contributed by atoms with Gasteiger partial charge in [-0.05, 0) is 17.7 Å². The number of hydrogen-bond acceptors (Lipinski definition) is 3. The van der Waals surface area contributed by atoms with E-state index in [4.69, 9.17) is 8.83 Å². The standard InChI is InChI=1S/C17H10O3/c18-15-13-7-6-12-8-9-19-16(12)17(13)20-10-14(15)11-4-2-1-3-5-11/h1-10H. The average molecular weight is 262 g/mol. The SMILES string of the molecule is O=c1c(-c2ccccc2)coc2c1ccc1ccoc12. The van der Waals surface area contributed by atoms with Gasteiger partial charge in [0.2, 0.25) is 5.43 Å². The monoisotopic (exact) mass is 262 g/mol. The van der Waals surface area contributed by atoms with Gasteiger partial charge < -0.3 is 8.83 Å². The highest BCUT2D eigenvalue weighted by Gasteiger charge is 2.12. The number of furan rings is 1. The van der Waals surface area contributed by atoms with Gasteiger partial charge in [-0.1, -0.05) is 36.4 Å². The van der Waals surface area contributed by atoms with Crippen LogP contribution in [0.15, 0.2) is 74.7 Å². The van der Waals surface area contributed by atoms with Gasteiger partial charge in [0.15, 0.2) is 11.2 Å². The molecule has 0 N–H and O–H groups in total. The molecule has 0 bridgehead atoms. The number of rotatable bonds is 1. The summed E-state index contributed by atoms with van der Waals surface area (Å²) in [6.07, 6.45) is 3.09. The molecule has 0 atom stereocenters. The zero-order valence-electron chi connectivity index (χ0n) is 10.5. The van der Waals surface area contributed by atoms with Crippen LogP contribution in [0, 0.1) is 0 Å². The van der Waals surface area contributed by atoms with E-state index in [2.05, 4.69) is 0 Å². The van der Waals surface area contributed by atoms with Gasteiger partial charge in [0.25, 0.3) is 0 Å². The third-order valence-corrected chi connectivity index (χ3v) is 3.44. The van der Waals surface area contributed by atoms with Crippen molar-refractivity contribution in [1.29, 1.82) is 0 Å². The van der Waals surface area contributed by atoms with Gasteiger partial charge in [0, 0.05) is 5.39 Å². The summed E-state index contributed by atoms with van der Waals surface area (Å²) < 4.78 is 11.1. The summed E-state index contributed by atoms with van der Waals surface area (Å²) in [5.74, 6) is 0. The van der Waals surface area contributed by atoms with Crippen LogP contribution in [0.1, 0.15) is 0 Å². The van der Waals surface area contributed by atoms with Crippen molar-refractivity contribution in [3.8, 4) is 11.1 Å². The van der Waals surface area contributed by atoms with E-state index in [1.165, 1.54) is 6.26 Å². The van der Waals surface area contributed by atoms with Gasteiger partial charge in [0.1, 0.15) is 6.26 Å². The molecule has 0 saturated heterocycles. The molecule has 0 saturated carbocycles. The van der Waals surface area contributed by atoms with Crippen LogP contribution in [0.2, 0.25) is 0 Å². The summed E-state index contributed by atoms with van der Waals surface area (Å²) in [5.41, 5.74) is 2.47. The first-order valence-electron chi connectivity index (χ1n) is 6.32. The zero-order valence-corrected chi connectivity index (χ0v) is 10.5. The van der Waals surface area contributed by atoms with E-state index in [9.17, 15) is 4.79 Å². The molecule has 2 heterocycles. The van der Waals surface area contributed by atoms with Gasteiger partial charge in [-0.15, -0.1) is 0 Å². The van der Waals surface area contributed by atoms with Crippen molar-refractivity contribution in [3.05, 3.63) is 71.3 Å². The van der Waals surface area contributed by atoms with Crippen molar-refractivity contribution in [1.82, 2.24) is 0 Å². The Morgan fingerprint density at radius 3 is 2.50 bits per heavy atom. The molecule has 2 aromatic carbocycles. The Kier molecular flexibility index (Phi) is 2.27. The maximum atomic E-state index is 12.6. The van der Waals surface area contributed by atoms with Crippen LogP contribution in [0.4, 0.5) is 0 Å². The predicted octanol–water partition coefficient (Wildman–Crippen LogP) is 4.21. The normalized spacial score (nSPS) is 11.2. The Bertz CT molecular complexity index is 962. The maximum absolute atomic E-state index is 12.6. The highest BCUT2D eigenvalue weighted by molar-refractivity contribution is 6.01. The molecule has 3 heteroatoms. The largest absolute Gasteiger partial charge is 0.460 e. The van der Waals surface area contributed by atoms with Crippen LogP contribution in [-0.2, 0) is 0 Å². The van der Waals surface area contributed by atoms with Crippen molar-refractivity contribution >= 4 is 21.9 Å². The lowest BCUT2D eigenvalue weighted by molar-refractivity contribution is 0.576. The molecule has 0 aliphatic rings. The van der Waals surface area contributed by atoms with Crippen molar-refractivity contribution in [2.45, 2.75) is 0 Å². The van der Waals surface area contributed by atoms with Crippen molar-refractivity contribution in [3.63, 3.8) is 0 Å². The Morgan fingerprint density at radius 1 is 0.800 bits per heavy atom. The summed E-state index contributed by atoms with van der Waals surface area (Å²) in [6.45, 7) is 0.